The molecule has 1 saturated heterocycles. The molecule has 1 aromatic rings. The molecule has 0 spiro atoms. The van der Waals surface area contributed by atoms with E-state index in [0.29, 0.717) is 6.54 Å². The van der Waals surface area contributed by atoms with Crippen molar-refractivity contribution in [2.24, 2.45) is 0 Å². The molecule has 6 nitrogen and oxygen atoms in total. The highest BCUT2D eigenvalue weighted by Gasteiger charge is 2.24. The molecule has 0 aromatic carbocycles. The zero-order chi connectivity index (χ0) is 12.5. The predicted octanol–water partition coefficient (Wildman–Crippen LogP) is 0.273. The predicted molar refractivity (Wildman–Crippen MR) is 71.5 cm³/mol. The highest BCUT2D eigenvalue weighted by Crippen LogP contribution is 2.11. The van der Waals surface area contributed by atoms with Crippen LogP contribution in [0.2, 0.25) is 0 Å². The van der Waals surface area contributed by atoms with Crippen LogP contribution in [0.15, 0.2) is 11.2 Å². The molecule has 1 unspecified atom stereocenters. The van der Waals surface area contributed by atoms with Gasteiger partial charge in [0.05, 0.1) is 0 Å². The number of imidazole rings is 1. The summed E-state index contributed by atoms with van der Waals surface area (Å²) in [6, 6.07) is -0.0212. The van der Waals surface area contributed by atoms with E-state index < -0.39 is 10.0 Å². The van der Waals surface area contributed by atoms with Crippen LogP contribution < -0.4 is 10.0 Å². The molecule has 0 saturated carbocycles. The molecule has 1 aliphatic rings. The number of nitrogens with zero attached hydrogens (tertiary/aromatic N) is 2. The first kappa shape index (κ1) is 15.4. The fraction of sp³-hybridized carbons (Fsp3) is 0.700. The summed E-state index contributed by atoms with van der Waals surface area (Å²) in [5, 5.41) is 3.24. The lowest BCUT2D eigenvalue weighted by atomic mass is 10.3. The zero-order valence-electron chi connectivity index (χ0n) is 10.5. The van der Waals surface area contributed by atoms with Crippen LogP contribution in [0.4, 0.5) is 0 Å². The van der Waals surface area contributed by atoms with Crippen molar-refractivity contribution in [3.63, 3.8) is 0 Å². The quantitative estimate of drug-likeness (QED) is 0.836. The number of hydrogen-bond donors (Lipinski definition) is 2. The third-order valence-corrected chi connectivity index (χ3v) is 4.34. The molecule has 1 fully saturated rings. The summed E-state index contributed by atoms with van der Waals surface area (Å²) in [5.41, 5.74) is 0. The van der Waals surface area contributed by atoms with Gasteiger partial charge in [-0.25, -0.2) is 18.1 Å². The standard InChI is InChI=1S/C10H18N4O2S.ClH/c1-3-14-7-10(12-8(14)2)17(15,16)13-9-4-5-11-6-9;/h7,9,11,13H,3-6H2,1-2H3;1H. The maximum Gasteiger partial charge on any atom is 0.259 e. The molecular weight excluding hydrogens is 276 g/mol. The molecule has 8 heteroatoms. The van der Waals surface area contributed by atoms with Crippen LogP contribution in [0.1, 0.15) is 19.2 Å². The van der Waals surface area contributed by atoms with E-state index in [1.807, 2.05) is 11.5 Å². The maximum atomic E-state index is 12.1. The van der Waals surface area contributed by atoms with Gasteiger partial charge in [-0.05, 0) is 26.8 Å². The lowest BCUT2D eigenvalue weighted by Gasteiger charge is -2.09. The van der Waals surface area contributed by atoms with Crippen LogP contribution in [0.3, 0.4) is 0 Å². The van der Waals surface area contributed by atoms with Gasteiger partial charge in [0.25, 0.3) is 10.0 Å². The van der Waals surface area contributed by atoms with Crippen molar-refractivity contribution in [2.45, 2.75) is 37.9 Å². The van der Waals surface area contributed by atoms with Gasteiger partial charge in [0.1, 0.15) is 5.82 Å². The Hall–Kier alpha value is -0.630. The van der Waals surface area contributed by atoms with Crippen molar-refractivity contribution in [2.75, 3.05) is 13.1 Å². The molecule has 1 aliphatic heterocycles. The number of nitrogens with one attached hydrogen (secondary N) is 2. The molecule has 0 radical (unpaired) electrons. The third kappa shape index (κ3) is 3.23. The summed E-state index contributed by atoms with van der Waals surface area (Å²) in [5.74, 6) is 0.720. The third-order valence-electron chi connectivity index (χ3n) is 2.95. The van der Waals surface area contributed by atoms with Gasteiger partial charge in [-0.3, -0.25) is 0 Å². The van der Waals surface area contributed by atoms with Crippen LogP contribution >= 0.6 is 12.4 Å². The number of aryl methyl sites for hydroxylation is 2. The monoisotopic (exact) mass is 294 g/mol. The smallest absolute Gasteiger partial charge is 0.259 e. The highest BCUT2D eigenvalue weighted by atomic mass is 35.5. The Labute approximate surface area is 114 Å². The molecule has 0 bridgehead atoms. The van der Waals surface area contributed by atoms with Crippen molar-refractivity contribution in [3.8, 4) is 0 Å². The van der Waals surface area contributed by atoms with Crippen LogP contribution in [0.25, 0.3) is 0 Å². The lowest BCUT2D eigenvalue weighted by molar-refractivity contribution is 0.557. The van der Waals surface area contributed by atoms with E-state index in [9.17, 15) is 8.42 Å². The molecule has 2 rings (SSSR count). The first-order valence-electron chi connectivity index (χ1n) is 5.79. The number of hydrogen-bond acceptors (Lipinski definition) is 4. The van der Waals surface area contributed by atoms with Gasteiger partial charge >= 0.3 is 0 Å². The Morgan fingerprint density at radius 1 is 1.61 bits per heavy atom. The SMILES string of the molecule is CCn1cc(S(=O)(=O)NC2CCNC2)nc1C.Cl. The molecule has 0 amide bonds. The van der Waals surface area contributed by atoms with Gasteiger partial charge in [0, 0.05) is 25.3 Å². The average Bonchev–Trinajstić information content (AvgIpc) is 2.87. The normalized spacial score (nSPS) is 19.8. The summed E-state index contributed by atoms with van der Waals surface area (Å²) in [6.07, 6.45) is 2.41. The van der Waals surface area contributed by atoms with Crippen LogP contribution in [-0.2, 0) is 16.6 Å². The summed E-state index contributed by atoms with van der Waals surface area (Å²) >= 11 is 0. The summed E-state index contributed by atoms with van der Waals surface area (Å²) < 4.78 is 28.6. The fourth-order valence-corrected chi connectivity index (χ4v) is 3.24. The second kappa shape index (κ2) is 6.01. The van der Waals surface area contributed by atoms with E-state index in [1.165, 1.54) is 0 Å². The van der Waals surface area contributed by atoms with Crippen molar-refractivity contribution in [3.05, 3.63) is 12.0 Å². The Kier molecular flexibility index (Phi) is 5.15. The van der Waals surface area contributed by atoms with Crippen molar-refractivity contribution >= 4 is 22.4 Å². The zero-order valence-corrected chi connectivity index (χ0v) is 12.1. The molecule has 2 N–H and O–H groups in total. The van der Waals surface area contributed by atoms with Gasteiger partial charge in [-0.2, -0.15) is 0 Å². The van der Waals surface area contributed by atoms with Gasteiger partial charge in [0.15, 0.2) is 5.03 Å². The Morgan fingerprint density at radius 3 is 2.83 bits per heavy atom. The van der Waals surface area contributed by atoms with Gasteiger partial charge in [-0.1, -0.05) is 0 Å². The summed E-state index contributed by atoms with van der Waals surface area (Å²) in [4.78, 5) is 4.09. The summed E-state index contributed by atoms with van der Waals surface area (Å²) in [7, 11) is -3.48. The molecule has 1 atom stereocenters. The van der Waals surface area contributed by atoms with E-state index >= 15 is 0 Å². The Balaban J connectivity index is 0.00000162. The minimum atomic E-state index is -3.48. The Bertz CT molecular complexity index is 494. The topological polar surface area (TPSA) is 76.0 Å². The van der Waals surface area contributed by atoms with Gasteiger partial charge in [-0.15, -0.1) is 12.4 Å². The second-order valence-electron chi connectivity index (χ2n) is 4.22. The average molecular weight is 295 g/mol. The number of rotatable bonds is 4. The van der Waals surface area contributed by atoms with Crippen LogP contribution in [0.5, 0.6) is 0 Å². The van der Waals surface area contributed by atoms with Crippen LogP contribution in [-0.4, -0.2) is 37.1 Å². The largest absolute Gasteiger partial charge is 0.334 e. The van der Waals surface area contributed by atoms with Gasteiger partial charge in [0.2, 0.25) is 0 Å². The number of aromatic nitrogens is 2. The van der Waals surface area contributed by atoms with Crippen LogP contribution in [0, 0.1) is 6.92 Å². The van der Waals surface area contributed by atoms with Crippen molar-refractivity contribution in [1.82, 2.24) is 19.6 Å². The molecule has 18 heavy (non-hydrogen) atoms. The molecule has 1 aromatic heterocycles. The van der Waals surface area contributed by atoms with E-state index in [4.69, 9.17) is 0 Å². The first-order valence-corrected chi connectivity index (χ1v) is 7.28. The van der Waals surface area contributed by atoms with E-state index in [2.05, 4.69) is 15.0 Å². The molecule has 0 aliphatic carbocycles. The summed E-state index contributed by atoms with van der Waals surface area (Å²) in [6.45, 7) is 6.03. The molecular formula is C10H19ClN4O2S. The van der Waals surface area contributed by atoms with Gasteiger partial charge < -0.3 is 9.88 Å². The highest BCUT2D eigenvalue weighted by molar-refractivity contribution is 7.89. The molecule has 104 valence electrons. The minimum Gasteiger partial charge on any atom is -0.334 e. The van der Waals surface area contributed by atoms with E-state index in [1.54, 1.807) is 13.1 Å². The second-order valence-corrected chi connectivity index (χ2v) is 5.88. The van der Waals surface area contributed by atoms with Crippen molar-refractivity contribution in [1.29, 1.82) is 0 Å². The number of halogens is 1. The van der Waals surface area contributed by atoms with Crippen molar-refractivity contribution < 1.29 is 8.42 Å². The van der Waals surface area contributed by atoms with E-state index in [-0.39, 0.29) is 23.5 Å². The maximum absolute atomic E-state index is 12.1. The minimum absolute atomic E-state index is 0. The Morgan fingerprint density at radius 2 is 2.33 bits per heavy atom. The number of sulfonamides is 1. The fourth-order valence-electron chi connectivity index (χ4n) is 1.96. The first-order chi connectivity index (χ1) is 8.03. The molecule has 2 heterocycles. The van der Waals surface area contributed by atoms with E-state index in [0.717, 1.165) is 25.3 Å². The lowest BCUT2D eigenvalue weighted by Crippen LogP contribution is -2.36.